The lowest BCUT2D eigenvalue weighted by Gasteiger charge is -2.08. The molecule has 0 spiro atoms. The highest BCUT2D eigenvalue weighted by molar-refractivity contribution is 7.89. The number of sulfonamides is 1. The number of hydrogen-bond donors (Lipinski definition) is 1. The van der Waals surface area contributed by atoms with Gasteiger partial charge in [-0.25, -0.2) is 17.5 Å². The summed E-state index contributed by atoms with van der Waals surface area (Å²) >= 11 is 0. The quantitative estimate of drug-likeness (QED) is 0.732. The summed E-state index contributed by atoms with van der Waals surface area (Å²) in [6.07, 6.45) is 3.45. The van der Waals surface area contributed by atoms with Gasteiger partial charge in [0.25, 0.3) is 0 Å². The summed E-state index contributed by atoms with van der Waals surface area (Å²) in [5.41, 5.74) is 1.76. The lowest BCUT2D eigenvalue weighted by molar-refractivity contribution is 0.560. The summed E-state index contributed by atoms with van der Waals surface area (Å²) in [4.78, 5) is 4.26. The van der Waals surface area contributed by atoms with E-state index in [1.807, 2.05) is 24.3 Å². The standard InChI is InChI=1S/C17H17FN4O2S/c1-13-12-14(5-6-15(13)18)25(23,24)20-9-11-22-10-7-17(21-22)16-4-2-3-8-19-16/h2-8,10,12,20H,9,11H2,1H3. The van der Waals surface area contributed by atoms with Gasteiger partial charge in [-0.3, -0.25) is 9.67 Å². The molecule has 1 aromatic carbocycles. The maximum atomic E-state index is 13.3. The monoisotopic (exact) mass is 360 g/mol. The normalized spacial score (nSPS) is 11.6. The van der Waals surface area contributed by atoms with Crippen molar-refractivity contribution in [2.24, 2.45) is 0 Å². The van der Waals surface area contributed by atoms with E-state index in [1.54, 1.807) is 17.1 Å². The van der Waals surface area contributed by atoms with Crippen molar-refractivity contribution in [2.75, 3.05) is 6.54 Å². The largest absolute Gasteiger partial charge is 0.271 e. The highest BCUT2D eigenvalue weighted by atomic mass is 32.2. The molecule has 0 bridgehead atoms. The van der Waals surface area contributed by atoms with E-state index in [-0.39, 0.29) is 17.0 Å². The van der Waals surface area contributed by atoms with Gasteiger partial charge in [0.15, 0.2) is 0 Å². The summed E-state index contributed by atoms with van der Waals surface area (Å²) in [5, 5.41) is 4.37. The van der Waals surface area contributed by atoms with Crippen LogP contribution in [-0.2, 0) is 16.6 Å². The molecule has 1 N–H and O–H groups in total. The Hall–Kier alpha value is -2.58. The van der Waals surface area contributed by atoms with Crippen molar-refractivity contribution in [1.29, 1.82) is 0 Å². The van der Waals surface area contributed by atoms with Gasteiger partial charge >= 0.3 is 0 Å². The highest BCUT2D eigenvalue weighted by Crippen LogP contribution is 2.14. The van der Waals surface area contributed by atoms with Gasteiger partial charge in [-0.2, -0.15) is 5.10 Å². The van der Waals surface area contributed by atoms with E-state index in [0.29, 0.717) is 6.54 Å². The van der Waals surface area contributed by atoms with Crippen molar-refractivity contribution >= 4 is 10.0 Å². The lowest BCUT2D eigenvalue weighted by Crippen LogP contribution is -2.27. The van der Waals surface area contributed by atoms with Crippen molar-refractivity contribution in [3.05, 3.63) is 66.2 Å². The van der Waals surface area contributed by atoms with Gasteiger partial charge < -0.3 is 0 Å². The third-order valence-electron chi connectivity index (χ3n) is 3.64. The lowest BCUT2D eigenvalue weighted by atomic mass is 10.2. The molecular formula is C17H17FN4O2S. The Morgan fingerprint density at radius 1 is 1.16 bits per heavy atom. The molecule has 0 amide bonds. The fourth-order valence-corrected chi connectivity index (χ4v) is 3.41. The number of hydrogen-bond acceptors (Lipinski definition) is 4. The SMILES string of the molecule is Cc1cc(S(=O)(=O)NCCn2ccc(-c3ccccn3)n2)ccc1F. The molecule has 0 radical (unpaired) electrons. The Morgan fingerprint density at radius 2 is 2.00 bits per heavy atom. The van der Waals surface area contributed by atoms with Crippen LogP contribution in [0.5, 0.6) is 0 Å². The van der Waals surface area contributed by atoms with E-state index in [2.05, 4.69) is 14.8 Å². The van der Waals surface area contributed by atoms with Gasteiger partial charge in [0.1, 0.15) is 11.5 Å². The van der Waals surface area contributed by atoms with Gasteiger partial charge in [0.05, 0.1) is 17.1 Å². The number of rotatable bonds is 6. The minimum absolute atomic E-state index is 0.0426. The molecule has 8 heteroatoms. The third kappa shape index (κ3) is 4.09. The van der Waals surface area contributed by atoms with Gasteiger partial charge in [0.2, 0.25) is 10.0 Å². The maximum Gasteiger partial charge on any atom is 0.240 e. The number of pyridine rings is 1. The van der Waals surface area contributed by atoms with Crippen LogP contribution in [0, 0.1) is 12.7 Å². The predicted molar refractivity (Wildman–Crippen MR) is 91.8 cm³/mol. The number of aryl methyl sites for hydroxylation is 1. The van der Waals surface area contributed by atoms with E-state index < -0.39 is 15.8 Å². The second-order valence-electron chi connectivity index (χ2n) is 5.49. The van der Waals surface area contributed by atoms with Crippen molar-refractivity contribution in [3.63, 3.8) is 0 Å². The molecule has 3 aromatic rings. The number of nitrogens with one attached hydrogen (secondary N) is 1. The molecule has 0 saturated carbocycles. The summed E-state index contributed by atoms with van der Waals surface area (Å²) in [5.74, 6) is -0.433. The minimum Gasteiger partial charge on any atom is -0.271 e. The topological polar surface area (TPSA) is 76.9 Å². The molecule has 6 nitrogen and oxygen atoms in total. The van der Waals surface area contributed by atoms with Crippen molar-refractivity contribution in [1.82, 2.24) is 19.5 Å². The minimum atomic E-state index is -3.69. The van der Waals surface area contributed by atoms with Gasteiger partial charge in [-0.05, 0) is 48.9 Å². The number of aromatic nitrogens is 3. The Bertz CT molecular complexity index is 971. The zero-order valence-electron chi connectivity index (χ0n) is 13.6. The summed E-state index contributed by atoms with van der Waals surface area (Å²) in [6, 6.07) is 11.1. The summed E-state index contributed by atoms with van der Waals surface area (Å²) in [6.45, 7) is 2.06. The van der Waals surface area contributed by atoms with Crippen molar-refractivity contribution < 1.29 is 12.8 Å². The number of halogens is 1. The van der Waals surface area contributed by atoms with E-state index in [0.717, 1.165) is 17.5 Å². The Labute approximate surface area is 145 Å². The molecule has 0 unspecified atom stereocenters. The van der Waals surface area contributed by atoms with Crippen LogP contribution < -0.4 is 4.72 Å². The average Bonchev–Trinajstić information content (AvgIpc) is 3.07. The molecule has 0 atom stereocenters. The fourth-order valence-electron chi connectivity index (χ4n) is 2.30. The van der Waals surface area contributed by atoms with Gasteiger partial charge in [-0.1, -0.05) is 6.07 Å². The third-order valence-corrected chi connectivity index (χ3v) is 5.10. The van der Waals surface area contributed by atoms with Crippen LogP contribution in [0.4, 0.5) is 4.39 Å². The Morgan fingerprint density at radius 3 is 2.72 bits per heavy atom. The molecule has 0 fully saturated rings. The molecule has 2 aromatic heterocycles. The van der Waals surface area contributed by atoms with Crippen LogP contribution in [0.3, 0.4) is 0 Å². The smallest absolute Gasteiger partial charge is 0.240 e. The molecule has 3 rings (SSSR count). The molecule has 25 heavy (non-hydrogen) atoms. The van der Waals surface area contributed by atoms with Gasteiger partial charge in [0, 0.05) is 18.9 Å². The van der Waals surface area contributed by atoms with E-state index in [1.165, 1.54) is 19.1 Å². The first-order valence-electron chi connectivity index (χ1n) is 7.66. The van der Waals surface area contributed by atoms with Crippen LogP contribution in [0.25, 0.3) is 11.4 Å². The number of nitrogens with zero attached hydrogens (tertiary/aromatic N) is 3. The molecule has 0 aliphatic rings. The second-order valence-corrected chi connectivity index (χ2v) is 7.25. The molecule has 130 valence electrons. The molecule has 0 aliphatic carbocycles. The van der Waals surface area contributed by atoms with Crippen LogP contribution in [0.15, 0.2) is 59.8 Å². The fraction of sp³-hybridized carbons (Fsp3) is 0.176. The van der Waals surface area contributed by atoms with Crippen LogP contribution in [0.1, 0.15) is 5.56 Å². The number of benzene rings is 1. The maximum absolute atomic E-state index is 13.3. The second kappa shape index (κ2) is 7.12. The van der Waals surface area contributed by atoms with Crippen LogP contribution in [0.2, 0.25) is 0 Å². The molecule has 0 saturated heterocycles. The molecular weight excluding hydrogens is 343 g/mol. The zero-order chi connectivity index (χ0) is 17.9. The summed E-state index contributed by atoms with van der Waals surface area (Å²) < 4.78 is 41.9. The van der Waals surface area contributed by atoms with Crippen molar-refractivity contribution in [3.8, 4) is 11.4 Å². The van der Waals surface area contributed by atoms with E-state index in [9.17, 15) is 12.8 Å². The first-order chi connectivity index (χ1) is 12.0. The summed E-state index contributed by atoms with van der Waals surface area (Å²) in [7, 11) is -3.69. The zero-order valence-corrected chi connectivity index (χ0v) is 14.4. The first-order valence-corrected chi connectivity index (χ1v) is 9.15. The van der Waals surface area contributed by atoms with Gasteiger partial charge in [-0.15, -0.1) is 0 Å². The average molecular weight is 360 g/mol. The molecule has 2 heterocycles. The molecule has 0 aliphatic heterocycles. The van der Waals surface area contributed by atoms with E-state index in [4.69, 9.17) is 0 Å². The van der Waals surface area contributed by atoms with Crippen molar-refractivity contribution in [2.45, 2.75) is 18.4 Å². The van der Waals surface area contributed by atoms with Crippen LogP contribution in [-0.4, -0.2) is 29.7 Å². The Kier molecular flexibility index (Phi) is 4.91. The highest BCUT2D eigenvalue weighted by Gasteiger charge is 2.14. The van der Waals surface area contributed by atoms with E-state index >= 15 is 0 Å². The predicted octanol–water partition coefficient (Wildman–Crippen LogP) is 2.37. The Balaban J connectivity index is 1.63. The first kappa shape index (κ1) is 17.2. The van der Waals surface area contributed by atoms with Crippen LogP contribution >= 0.6 is 0 Å².